The molecule has 1 N–H and O–H groups in total. The molecule has 4 nitrogen and oxygen atoms in total. The first kappa shape index (κ1) is 19.1. The van der Waals surface area contributed by atoms with E-state index in [2.05, 4.69) is 11.4 Å². The van der Waals surface area contributed by atoms with E-state index in [1.54, 1.807) is 25.1 Å². The van der Waals surface area contributed by atoms with Gasteiger partial charge in [-0.15, -0.1) is 0 Å². The molecule has 1 amide bonds. The SMILES string of the molecule is Cc1c(F)cc(C(=O)NC2CC2)cc1-c1ccc2c(ccn2-c2ccc(C#N)cc2)c1. The average Bonchev–Trinajstić information content (AvgIpc) is 3.50. The highest BCUT2D eigenvalue weighted by Gasteiger charge is 2.24. The molecule has 1 fully saturated rings. The number of hydrogen-bond donors (Lipinski definition) is 1. The quantitative estimate of drug-likeness (QED) is 0.483. The van der Waals surface area contributed by atoms with E-state index in [0.29, 0.717) is 22.3 Å². The fraction of sp³-hybridized carbons (Fsp3) is 0.154. The fourth-order valence-electron chi connectivity index (χ4n) is 3.84. The summed E-state index contributed by atoms with van der Waals surface area (Å²) < 4.78 is 16.7. The molecule has 0 aliphatic heterocycles. The summed E-state index contributed by atoms with van der Waals surface area (Å²) in [5, 5.41) is 12.9. The second-order valence-corrected chi connectivity index (χ2v) is 8.00. The van der Waals surface area contributed by atoms with Crippen LogP contribution in [-0.2, 0) is 0 Å². The van der Waals surface area contributed by atoms with Crippen molar-refractivity contribution in [3.8, 4) is 22.9 Å². The number of carbonyl (C=O) groups excluding carboxylic acids is 1. The molecule has 1 aromatic heterocycles. The van der Waals surface area contributed by atoms with E-state index in [1.165, 1.54) is 6.07 Å². The van der Waals surface area contributed by atoms with Gasteiger partial charge in [-0.05, 0) is 91.1 Å². The minimum atomic E-state index is -0.381. The van der Waals surface area contributed by atoms with Crippen molar-refractivity contribution in [2.45, 2.75) is 25.8 Å². The molecule has 1 aliphatic carbocycles. The van der Waals surface area contributed by atoms with Gasteiger partial charge in [0.1, 0.15) is 5.82 Å². The minimum absolute atomic E-state index is 0.221. The summed E-state index contributed by atoms with van der Waals surface area (Å²) >= 11 is 0. The highest BCUT2D eigenvalue weighted by Crippen LogP contribution is 2.31. The molecule has 5 rings (SSSR count). The molecule has 4 aromatic rings. The van der Waals surface area contributed by atoms with Gasteiger partial charge >= 0.3 is 0 Å². The molecule has 0 atom stereocenters. The minimum Gasteiger partial charge on any atom is -0.349 e. The first-order valence-electron chi connectivity index (χ1n) is 10.3. The van der Waals surface area contributed by atoms with Crippen LogP contribution in [0.1, 0.15) is 34.3 Å². The molecule has 0 bridgehead atoms. The lowest BCUT2D eigenvalue weighted by Crippen LogP contribution is -2.25. The van der Waals surface area contributed by atoms with Crippen LogP contribution >= 0.6 is 0 Å². The Hall–Kier alpha value is -3.91. The second kappa shape index (κ2) is 7.41. The maximum absolute atomic E-state index is 14.6. The van der Waals surface area contributed by atoms with Gasteiger partial charge in [-0.1, -0.05) is 6.07 Å². The van der Waals surface area contributed by atoms with Gasteiger partial charge < -0.3 is 9.88 Å². The molecule has 1 heterocycles. The Morgan fingerprint density at radius 3 is 2.58 bits per heavy atom. The van der Waals surface area contributed by atoms with Crippen molar-refractivity contribution in [1.29, 1.82) is 5.26 Å². The zero-order valence-electron chi connectivity index (χ0n) is 17.0. The van der Waals surface area contributed by atoms with Crippen molar-refractivity contribution in [3.05, 3.63) is 89.4 Å². The first-order chi connectivity index (χ1) is 15.0. The molecular weight excluding hydrogens is 389 g/mol. The Morgan fingerprint density at radius 1 is 1.10 bits per heavy atom. The first-order valence-corrected chi connectivity index (χ1v) is 10.3. The van der Waals surface area contributed by atoms with E-state index in [0.717, 1.165) is 35.0 Å². The number of nitriles is 1. The van der Waals surface area contributed by atoms with Crippen molar-refractivity contribution >= 4 is 16.8 Å². The molecule has 5 heteroatoms. The average molecular weight is 409 g/mol. The molecule has 1 aliphatic rings. The largest absolute Gasteiger partial charge is 0.349 e. The van der Waals surface area contributed by atoms with Crippen LogP contribution in [0.4, 0.5) is 4.39 Å². The summed E-state index contributed by atoms with van der Waals surface area (Å²) in [6.07, 6.45) is 3.95. The highest BCUT2D eigenvalue weighted by atomic mass is 19.1. The number of amides is 1. The van der Waals surface area contributed by atoms with Gasteiger partial charge in [-0.25, -0.2) is 4.39 Å². The number of carbonyl (C=O) groups is 1. The second-order valence-electron chi connectivity index (χ2n) is 8.00. The normalized spacial score (nSPS) is 13.2. The van der Waals surface area contributed by atoms with Crippen LogP contribution in [0.2, 0.25) is 0 Å². The van der Waals surface area contributed by atoms with Gasteiger partial charge in [0.25, 0.3) is 5.91 Å². The number of halogens is 1. The Balaban J connectivity index is 1.54. The van der Waals surface area contributed by atoms with Gasteiger partial charge in [0, 0.05) is 28.9 Å². The van der Waals surface area contributed by atoms with Gasteiger partial charge in [0.15, 0.2) is 0 Å². The monoisotopic (exact) mass is 409 g/mol. The van der Waals surface area contributed by atoms with Crippen molar-refractivity contribution < 1.29 is 9.18 Å². The Kier molecular flexibility index (Phi) is 4.56. The van der Waals surface area contributed by atoms with Crippen LogP contribution in [-0.4, -0.2) is 16.5 Å². The zero-order chi connectivity index (χ0) is 21.5. The summed E-state index contributed by atoms with van der Waals surface area (Å²) in [5.41, 5.74) is 5.04. The number of aromatic nitrogens is 1. The lowest BCUT2D eigenvalue weighted by Gasteiger charge is -2.12. The maximum atomic E-state index is 14.6. The highest BCUT2D eigenvalue weighted by molar-refractivity contribution is 5.97. The number of hydrogen-bond acceptors (Lipinski definition) is 2. The third-order valence-electron chi connectivity index (χ3n) is 5.79. The summed E-state index contributed by atoms with van der Waals surface area (Å²) in [6, 6.07) is 20.8. The predicted octanol–water partition coefficient (Wildman–Crippen LogP) is 5.51. The van der Waals surface area contributed by atoms with E-state index >= 15 is 0 Å². The molecule has 152 valence electrons. The molecule has 1 saturated carbocycles. The third-order valence-corrected chi connectivity index (χ3v) is 5.79. The lowest BCUT2D eigenvalue weighted by molar-refractivity contribution is 0.0950. The molecule has 0 spiro atoms. The van der Waals surface area contributed by atoms with E-state index in [1.807, 2.05) is 47.2 Å². The van der Waals surface area contributed by atoms with Crippen molar-refractivity contribution in [2.24, 2.45) is 0 Å². The van der Waals surface area contributed by atoms with E-state index in [4.69, 9.17) is 5.26 Å². The number of nitrogens with one attached hydrogen (secondary N) is 1. The van der Waals surface area contributed by atoms with Gasteiger partial charge in [-0.2, -0.15) is 5.26 Å². The van der Waals surface area contributed by atoms with Crippen LogP contribution in [0.25, 0.3) is 27.7 Å². The summed E-state index contributed by atoms with van der Waals surface area (Å²) in [4.78, 5) is 12.5. The topological polar surface area (TPSA) is 57.8 Å². The molecule has 31 heavy (non-hydrogen) atoms. The number of benzene rings is 3. The van der Waals surface area contributed by atoms with Crippen molar-refractivity contribution in [1.82, 2.24) is 9.88 Å². The fourth-order valence-corrected chi connectivity index (χ4v) is 3.84. The molecule has 0 unspecified atom stereocenters. The number of rotatable bonds is 4. The lowest BCUT2D eigenvalue weighted by atomic mass is 9.96. The Morgan fingerprint density at radius 2 is 1.87 bits per heavy atom. The van der Waals surface area contributed by atoms with Crippen LogP contribution in [0.3, 0.4) is 0 Å². The van der Waals surface area contributed by atoms with E-state index in [-0.39, 0.29) is 17.8 Å². The van der Waals surface area contributed by atoms with Crippen LogP contribution in [0.5, 0.6) is 0 Å². The molecular formula is C26H20FN3O. The smallest absolute Gasteiger partial charge is 0.251 e. The molecule has 0 saturated heterocycles. The van der Waals surface area contributed by atoms with Gasteiger partial charge in [0.05, 0.1) is 17.1 Å². The van der Waals surface area contributed by atoms with Crippen LogP contribution in [0.15, 0.2) is 66.9 Å². The van der Waals surface area contributed by atoms with E-state index in [9.17, 15) is 9.18 Å². The summed E-state index contributed by atoms with van der Waals surface area (Å²) in [5.74, 6) is -0.607. The number of fused-ring (bicyclic) bond motifs is 1. The Bertz CT molecular complexity index is 1360. The van der Waals surface area contributed by atoms with E-state index < -0.39 is 0 Å². The predicted molar refractivity (Wildman–Crippen MR) is 119 cm³/mol. The van der Waals surface area contributed by atoms with Gasteiger partial charge in [0.2, 0.25) is 0 Å². The third kappa shape index (κ3) is 3.57. The van der Waals surface area contributed by atoms with Crippen LogP contribution < -0.4 is 5.32 Å². The van der Waals surface area contributed by atoms with Crippen molar-refractivity contribution in [2.75, 3.05) is 0 Å². The standard InChI is InChI=1S/C26H20FN3O/c1-16-23(13-20(14-24(16)27)26(31)29-21-5-6-21)18-4-9-25-19(12-18)10-11-30(25)22-7-2-17(15-28)3-8-22/h2-4,7-14,21H,5-6H2,1H3,(H,29,31). The van der Waals surface area contributed by atoms with Gasteiger partial charge in [-0.3, -0.25) is 4.79 Å². The summed E-state index contributed by atoms with van der Waals surface area (Å²) in [7, 11) is 0. The molecule has 3 aromatic carbocycles. The van der Waals surface area contributed by atoms with Crippen molar-refractivity contribution in [3.63, 3.8) is 0 Å². The maximum Gasteiger partial charge on any atom is 0.251 e. The summed E-state index contributed by atoms with van der Waals surface area (Å²) in [6.45, 7) is 1.74. The van der Waals surface area contributed by atoms with Crippen LogP contribution in [0, 0.1) is 24.1 Å². The number of nitrogens with zero attached hydrogens (tertiary/aromatic N) is 2. The molecule has 0 radical (unpaired) electrons. The Labute approximate surface area is 179 Å². The zero-order valence-corrected chi connectivity index (χ0v) is 17.0.